The molecule has 0 N–H and O–H groups in total. The summed E-state index contributed by atoms with van der Waals surface area (Å²) in [5, 5.41) is 0.145. The number of rotatable bonds is 7. The lowest BCUT2D eigenvalue weighted by molar-refractivity contribution is -0.138. The predicted molar refractivity (Wildman–Crippen MR) is 146 cm³/mol. The van der Waals surface area contributed by atoms with Gasteiger partial charge in [0.05, 0.1) is 33.1 Å². The summed E-state index contributed by atoms with van der Waals surface area (Å²) >= 11 is 7.22. The van der Waals surface area contributed by atoms with Gasteiger partial charge in [0.15, 0.2) is 4.80 Å². The van der Waals surface area contributed by atoms with Crippen LogP contribution in [0, 0.1) is 5.82 Å². The summed E-state index contributed by atoms with van der Waals surface area (Å²) in [5.41, 5.74) is 0.585. The van der Waals surface area contributed by atoms with Crippen LogP contribution in [-0.4, -0.2) is 23.1 Å². The van der Waals surface area contributed by atoms with Crippen LogP contribution in [0.2, 0.25) is 5.02 Å². The Hall–Kier alpha value is -4.54. The molecule has 40 heavy (non-hydrogen) atoms. The van der Waals surface area contributed by atoms with E-state index in [2.05, 4.69) is 11.6 Å². The summed E-state index contributed by atoms with van der Waals surface area (Å²) in [7, 11) is 0. The molecule has 5 rings (SSSR count). The molecule has 1 unspecified atom stereocenters. The summed E-state index contributed by atoms with van der Waals surface area (Å²) in [6.45, 7) is 5.17. The van der Waals surface area contributed by atoms with Crippen molar-refractivity contribution in [1.29, 1.82) is 0 Å². The zero-order valence-corrected chi connectivity index (χ0v) is 22.5. The van der Waals surface area contributed by atoms with Crippen LogP contribution in [0.3, 0.4) is 0 Å². The average Bonchev–Trinajstić information content (AvgIpc) is 3.58. The Morgan fingerprint density at radius 1 is 1.18 bits per heavy atom. The fourth-order valence-electron chi connectivity index (χ4n) is 4.16. The first-order valence-electron chi connectivity index (χ1n) is 11.9. The number of aromatic nitrogens is 1. The summed E-state index contributed by atoms with van der Waals surface area (Å²) < 4.78 is 31.8. The fourth-order valence-corrected chi connectivity index (χ4v) is 5.41. The van der Waals surface area contributed by atoms with Gasteiger partial charge in [-0.25, -0.2) is 19.0 Å². The number of halogens is 2. The maximum absolute atomic E-state index is 14.5. The second kappa shape index (κ2) is 11.3. The van der Waals surface area contributed by atoms with Crippen LogP contribution in [0.1, 0.15) is 34.6 Å². The van der Waals surface area contributed by atoms with Crippen LogP contribution >= 0.6 is 22.9 Å². The van der Waals surface area contributed by atoms with E-state index >= 15 is 0 Å². The van der Waals surface area contributed by atoms with Crippen molar-refractivity contribution in [2.45, 2.75) is 13.0 Å². The van der Waals surface area contributed by atoms with Crippen LogP contribution in [0.15, 0.2) is 99.0 Å². The van der Waals surface area contributed by atoms with Gasteiger partial charge >= 0.3 is 11.9 Å². The Bertz CT molecular complexity index is 1820. The second-order valence-electron chi connectivity index (χ2n) is 8.54. The Morgan fingerprint density at radius 2 is 1.95 bits per heavy atom. The van der Waals surface area contributed by atoms with Gasteiger partial charge in [0.25, 0.3) is 5.56 Å². The van der Waals surface area contributed by atoms with E-state index in [1.807, 2.05) is 0 Å². The van der Waals surface area contributed by atoms with Gasteiger partial charge in [-0.3, -0.25) is 9.36 Å². The van der Waals surface area contributed by atoms with Gasteiger partial charge in [-0.05, 0) is 55.0 Å². The highest BCUT2D eigenvalue weighted by atomic mass is 35.5. The van der Waals surface area contributed by atoms with Crippen molar-refractivity contribution in [2.75, 3.05) is 6.61 Å². The standard InChI is InChI=1S/C29H20ClFN2O6S/c1-3-13-38-28(36)24-16(2)32-29-33(26(34)23(40-29)15-19-20(30)6-4-7-21(19)31)25(24)17-9-11-18(12-10-17)39-27(35)22-8-5-14-37-22/h3-12,14-15,25H,1,13H2,2H3/b23-15+. The lowest BCUT2D eigenvalue weighted by Gasteiger charge is -2.24. The minimum Gasteiger partial charge on any atom is -0.458 e. The molecule has 2 aromatic heterocycles. The molecule has 0 fully saturated rings. The fraction of sp³-hybridized carbons (Fsp3) is 0.103. The number of carbonyl (C=O) groups excluding carboxylic acids is 2. The summed E-state index contributed by atoms with van der Waals surface area (Å²) in [4.78, 5) is 43.9. The topological polar surface area (TPSA) is 100 Å². The predicted octanol–water partition coefficient (Wildman–Crippen LogP) is 4.57. The second-order valence-corrected chi connectivity index (χ2v) is 9.96. The van der Waals surface area contributed by atoms with E-state index in [-0.39, 0.29) is 38.8 Å². The normalized spacial score (nSPS) is 14.9. The molecule has 202 valence electrons. The molecule has 2 aromatic carbocycles. The number of ether oxygens (including phenoxy) is 2. The van der Waals surface area contributed by atoms with Crippen molar-refractivity contribution in [1.82, 2.24) is 4.57 Å². The van der Waals surface area contributed by atoms with Gasteiger partial charge in [-0.2, -0.15) is 0 Å². The Morgan fingerprint density at radius 3 is 2.62 bits per heavy atom. The smallest absolute Gasteiger partial charge is 0.379 e. The number of carbonyl (C=O) groups is 2. The first kappa shape index (κ1) is 27.0. The van der Waals surface area contributed by atoms with Crippen molar-refractivity contribution < 1.29 is 27.9 Å². The molecule has 0 bridgehead atoms. The Balaban J connectivity index is 1.61. The minimum absolute atomic E-state index is 0.0389. The lowest BCUT2D eigenvalue weighted by atomic mass is 9.96. The van der Waals surface area contributed by atoms with Crippen molar-refractivity contribution in [3.8, 4) is 5.75 Å². The minimum atomic E-state index is -0.929. The largest absolute Gasteiger partial charge is 0.458 e. The molecule has 3 heterocycles. The number of thiazole rings is 1. The third kappa shape index (κ3) is 5.18. The molecular weight excluding hydrogens is 559 g/mol. The summed E-state index contributed by atoms with van der Waals surface area (Å²) in [6.07, 6.45) is 4.15. The first-order chi connectivity index (χ1) is 19.3. The van der Waals surface area contributed by atoms with E-state index in [1.165, 1.54) is 59.4 Å². The Kier molecular flexibility index (Phi) is 7.63. The third-order valence-corrected chi connectivity index (χ3v) is 7.29. The number of furan rings is 1. The molecule has 4 aromatic rings. The number of nitrogens with zero attached hydrogens (tertiary/aromatic N) is 2. The molecule has 0 spiro atoms. The zero-order valence-electron chi connectivity index (χ0n) is 20.9. The zero-order chi connectivity index (χ0) is 28.4. The quantitative estimate of drug-likeness (QED) is 0.181. The molecule has 0 radical (unpaired) electrons. The lowest BCUT2D eigenvalue weighted by Crippen LogP contribution is -2.40. The van der Waals surface area contributed by atoms with Gasteiger partial charge < -0.3 is 13.9 Å². The number of hydrogen-bond donors (Lipinski definition) is 0. The number of hydrogen-bond acceptors (Lipinski definition) is 8. The molecule has 0 saturated carbocycles. The van der Waals surface area contributed by atoms with Crippen molar-refractivity contribution >= 4 is 41.0 Å². The van der Waals surface area contributed by atoms with Gasteiger partial charge in [0.2, 0.25) is 5.76 Å². The van der Waals surface area contributed by atoms with E-state index in [4.69, 9.17) is 25.5 Å². The van der Waals surface area contributed by atoms with Crippen LogP contribution in [0.4, 0.5) is 4.39 Å². The van der Waals surface area contributed by atoms with E-state index in [0.29, 0.717) is 16.1 Å². The summed E-state index contributed by atoms with van der Waals surface area (Å²) in [5.74, 6) is -1.67. The van der Waals surface area contributed by atoms with Crippen LogP contribution < -0.4 is 19.6 Å². The third-order valence-electron chi connectivity index (χ3n) is 5.98. The van der Waals surface area contributed by atoms with Crippen molar-refractivity contribution in [3.63, 3.8) is 0 Å². The van der Waals surface area contributed by atoms with E-state index in [9.17, 15) is 18.8 Å². The Labute approximate surface area is 235 Å². The average molecular weight is 579 g/mol. The number of fused-ring (bicyclic) bond motifs is 1. The highest BCUT2D eigenvalue weighted by molar-refractivity contribution is 7.07. The number of allylic oxidation sites excluding steroid dienone is 1. The molecule has 1 atom stereocenters. The van der Waals surface area contributed by atoms with E-state index in [0.717, 1.165) is 11.3 Å². The monoisotopic (exact) mass is 578 g/mol. The van der Waals surface area contributed by atoms with Gasteiger partial charge in [0, 0.05) is 5.56 Å². The van der Waals surface area contributed by atoms with Gasteiger partial charge in [-0.1, -0.05) is 53.8 Å². The van der Waals surface area contributed by atoms with Crippen molar-refractivity contribution in [2.24, 2.45) is 4.99 Å². The molecule has 0 aliphatic carbocycles. The van der Waals surface area contributed by atoms with Crippen LogP contribution in [-0.2, 0) is 9.53 Å². The molecule has 0 amide bonds. The highest BCUT2D eigenvalue weighted by Gasteiger charge is 2.33. The molecule has 1 aliphatic rings. The molecule has 0 saturated heterocycles. The number of esters is 2. The molecular formula is C29H20ClFN2O6S. The number of benzene rings is 2. The van der Waals surface area contributed by atoms with E-state index < -0.39 is 29.4 Å². The SMILES string of the molecule is C=CCOC(=O)C1=C(C)N=c2s/c(=C/c3c(F)cccc3Cl)c(=O)n2C1c1ccc(OC(=O)c2ccco2)cc1. The van der Waals surface area contributed by atoms with Crippen LogP contribution in [0.5, 0.6) is 5.75 Å². The van der Waals surface area contributed by atoms with E-state index in [1.54, 1.807) is 25.1 Å². The van der Waals surface area contributed by atoms with Gasteiger partial charge in [-0.15, -0.1) is 0 Å². The maximum atomic E-state index is 14.5. The maximum Gasteiger partial charge on any atom is 0.379 e. The molecule has 8 nitrogen and oxygen atoms in total. The van der Waals surface area contributed by atoms with Gasteiger partial charge in [0.1, 0.15) is 18.2 Å². The summed E-state index contributed by atoms with van der Waals surface area (Å²) in [6, 6.07) is 12.7. The molecule has 1 aliphatic heterocycles. The first-order valence-corrected chi connectivity index (χ1v) is 13.1. The highest BCUT2D eigenvalue weighted by Crippen LogP contribution is 2.32. The van der Waals surface area contributed by atoms with Crippen molar-refractivity contribution in [3.05, 3.63) is 132 Å². The van der Waals surface area contributed by atoms with Crippen LogP contribution in [0.25, 0.3) is 6.08 Å². The molecule has 11 heteroatoms.